The Morgan fingerprint density at radius 2 is 1.85 bits per heavy atom. The number of carbonyl (C=O) groups excluding carboxylic acids is 1. The van der Waals surface area contributed by atoms with Crippen LogP contribution in [0.15, 0.2) is 41.2 Å². The van der Waals surface area contributed by atoms with Crippen LogP contribution in [0.4, 0.5) is 5.69 Å². The van der Waals surface area contributed by atoms with Crippen LogP contribution in [-0.2, 0) is 6.54 Å². The monoisotopic (exact) mass is 445 g/mol. The second-order valence-electron chi connectivity index (χ2n) is 8.53. The van der Waals surface area contributed by atoms with Gasteiger partial charge in [-0.2, -0.15) is 5.10 Å². The molecule has 9 nitrogen and oxygen atoms in total. The summed E-state index contributed by atoms with van der Waals surface area (Å²) in [5.74, 6) is -0.172. The molecule has 1 aliphatic rings. The van der Waals surface area contributed by atoms with Gasteiger partial charge in [0.05, 0.1) is 28.1 Å². The van der Waals surface area contributed by atoms with Crippen LogP contribution in [0.25, 0.3) is 16.6 Å². The fraction of sp³-hybridized carbons (Fsp3) is 0.333. The van der Waals surface area contributed by atoms with Crippen LogP contribution < -0.4 is 15.8 Å². The lowest BCUT2D eigenvalue weighted by atomic mass is 10.1. The molecule has 4 heterocycles. The predicted molar refractivity (Wildman–Crippen MR) is 128 cm³/mol. The number of fused-ring (bicyclic) bond motifs is 3. The van der Waals surface area contributed by atoms with Crippen molar-refractivity contribution in [2.75, 3.05) is 38.1 Å². The van der Waals surface area contributed by atoms with Gasteiger partial charge in [-0.15, -0.1) is 0 Å². The highest BCUT2D eigenvalue weighted by Gasteiger charge is 2.20. The molecule has 2 N–H and O–H groups in total. The largest absolute Gasteiger partial charge is 0.368 e. The molecule has 1 amide bonds. The van der Waals surface area contributed by atoms with Gasteiger partial charge in [-0.1, -0.05) is 6.07 Å². The Morgan fingerprint density at radius 1 is 1.06 bits per heavy atom. The van der Waals surface area contributed by atoms with Gasteiger partial charge in [0.15, 0.2) is 0 Å². The van der Waals surface area contributed by atoms with E-state index in [1.54, 1.807) is 23.7 Å². The SMILES string of the molecule is CNC(=O)c1ccc(N2CCN(Cc3ccc4c(c3)[nH]c(=O)c3cc(C)nn34)CC2)c(C)n1. The van der Waals surface area contributed by atoms with Crippen LogP contribution in [0, 0.1) is 13.8 Å². The molecule has 170 valence electrons. The van der Waals surface area contributed by atoms with Crippen LogP contribution in [0.3, 0.4) is 0 Å². The molecule has 1 aromatic carbocycles. The molecule has 0 unspecified atom stereocenters. The molecule has 0 aliphatic carbocycles. The molecule has 0 radical (unpaired) electrons. The maximum absolute atomic E-state index is 12.4. The zero-order chi connectivity index (χ0) is 23.1. The number of aromatic amines is 1. The fourth-order valence-electron chi connectivity index (χ4n) is 4.55. The summed E-state index contributed by atoms with van der Waals surface area (Å²) in [6.07, 6.45) is 0. The number of amides is 1. The number of anilines is 1. The van der Waals surface area contributed by atoms with E-state index in [-0.39, 0.29) is 11.5 Å². The number of pyridine rings is 1. The van der Waals surface area contributed by atoms with Gasteiger partial charge in [-0.05, 0) is 49.7 Å². The second kappa shape index (κ2) is 8.32. The lowest BCUT2D eigenvalue weighted by molar-refractivity contribution is 0.0958. The molecule has 0 saturated carbocycles. The van der Waals surface area contributed by atoms with E-state index in [0.29, 0.717) is 11.2 Å². The van der Waals surface area contributed by atoms with E-state index < -0.39 is 0 Å². The first kappa shape index (κ1) is 21.1. The smallest absolute Gasteiger partial charge is 0.274 e. The van der Waals surface area contributed by atoms with Gasteiger partial charge in [0.1, 0.15) is 11.2 Å². The first-order chi connectivity index (χ1) is 15.9. The van der Waals surface area contributed by atoms with Crippen molar-refractivity contribution in [1.29, 1.82) is 0 Å². The number of carbonyl (C=O) groups is 1. The molecule has 0 bridgehead atoms. The van der Waals surface area contributed by atoms with Crippen molar-refractivity contribution in [3.63, 3.8) is 0 Å². The Hall–Kier alpha value is -3.72. The zero-order valence-corrected chi connectivity index (χ0v) is 19.1. The number of nitrogens with one attached hydrogen (secondary N) is 2. The molecule has 3 aromatic heterocycles. The number of hydrogen-bond donors (Lipinski definition) is 2. The topological polar surface area (TPSA) is 98.6 Å². The van der Waals surface area contributed by atoms with E-state index in [2.05, 4.69) is 36.2 Å². The van der Waals surface area contributed by atoms with Crippen molar-refractivity contribution in [2.24, 2.45) is 0 Å². The standard InChI is InChI=1S/C24H27N7O2/c1-15-12-22-24(33)27-19-13-17(4-6-21(19)31(22)28-15)14-29-8-10-30(11-9-29)20-7-5-18(23(32)25-3)26-16(20)2/h4-7,12-13H,8-11,14H2,1-3H3,(H,25,32)(H,27,33). The summed E-state index contributed by atoms with van der Waals surface area (Å²) < 4.78 is 1.72. The molecule has 0 spiro atoms. The van der Waals surface area contributed by atoms with Crippen molar-refractivity contribution in [2.45, 2.75) is 20.4 Å². The summed E-state index contributed by atoms with van der Waals surface area (Å²) in [6, 6.07) is 11.7. The minimum Gasteiger partial charge on any atom is -0.368 e. The Bertz CT molecular complexity index is 1410. The number of aryl methyl sites for hydroxylation is 2. The van der Waals surface area contributed by atoms with Crippen molar-refractivity contribution >= 4 is 28.1 Å². The van der Waals surface area contributed by atoms with E-state index >= 15 is 0 Å². The first-order valence-corrected chi connectivity index (χ1v) is 11.1. The number of nitrogens with zero attached hydrogens (tertiary/aromatic N) is 5. The highest BCUT2D eigenvalue weighted by molar-refractivity contribution is 5.92. The number of rotatable bonds is 4. The minimum atomic E-state index is -0.172. The first-order valence-electron chi connectivity index (χ1n) is 11.1. The molecule has 1 aliphatic heterocycles. The van der Waals surface area contributed by atoms with Crippen LogP contribution in [0.5, 0.6) is 0 Å². The third-order valence-corrected chi connectivity index (χ3v) is 6.24. The summed E-state index contributed by atoms with van der Waals surface area (Å²) in [5.41, 5.74) is 6.49. The lowest BCUT2D eigenvalue weighted by Gasteiger charge is -2.36. The van der Waals surface area contributed by atoms with E-state index in [0.717, 1.165) is 66.4 Å². The summed E-state index contributed by atoms with van der Waals surface area (Å²) in [5, 5.41) is 7.08. The van der Waals surface area contributed by atoms with Gasteiger partial charge in [0.25, 0.3) is 11.5 Å². The molecular formula is C24H27N7O2. The quantitative estimate of drug-likeness (QED) is 0.498. The van der Waals surface area contributed by atoms with Crippen LogP contribution in [0.2, 0.25) is 0 Å². The van der Waals surface area contributed by atoms with Gasteiger partial charge >= 0.3 is 0 Å². The zero-order valence-electron chi connectivity index (χ0n) is 19.1. The van der Waals surface area contributed by atoms with E-state index in [9.17, 15) is 9.59 Å². The summed E-state index contributed by atoms with van der Waals surface area (Å²) in [6.45, 7) is 8.26. The van der Waals surface area contributed by atoms with Crippen LogP contribution in [-0.4, -0.2) is 63.6 Å². The Kier molecular flexibility index (Phi) is 5.33. The van der Waals surface area contributed by atoms with Crippen molar-refractivity contribution in [3.05, 3.63) is 69.4 Å². The summed E-state index contributed by atoms with van der Waals surface area (Å²) in [4.78, 5) is 36.4. The van der Waals surface area contributed by atoms with E-state index in [4.69, 9.17) is 0 Å². The highest BCUT2D eigenvalue weighted by Crippen LogP contribution is 2.22. The minimum absolute atomic E-state index is 0.125. The van der Waals surface area contributed by atoms with Gasteiger partial charge < -0.3 is 15.2 Å². The number of hydrogen-bond acceptors (Lipinski definition) is 6. The number of benzene rings is 1. The third-order valence-electron chi connectivity index (χ3n) is 6.24. The number of piperazine rings is 1. The van der Waals surface area contributed by atoms with E-state index in [1.807, 2.05) is 32.0 Å². The molecule has 1 fully saturated rings. The lowest BCUT2D eigenvalue weighted by Crippen LogP contribution is -2.46. The Morgan fingerprint density at radius 3 is 2.58 bits per heavy atom. The van der Waals surface area contributed by atoms with Crippen molar-refractivity contribution in [3.8, 4) is 0 Å². The average Bonchev–Trinajstić information content (AvgIpc) is 3.21. The number of H-pyrrole nitrogens is 1. The Labute approximate surface area is 191 Å². The van der Waals surface area contributed by atoms with Gasteiger partial charge in [0, 0.05) is 39.8 Å². The Balaban J connectivity index is 1.29. The average molecular weight is 446 g/mol. The highest BCUT2D eigenvalue weighted by atomic mass is 16.1. The molecule has 4 aromatic rings. The van der Waals surface area contributed by atoms with Gasteiger partial charge in [-0.3, -0.25) is 14.5 Å². The van der Waals surface area contributed by atoms with Gasteiger partial charge in [-0.25, -0.2) is 9.50 Å². The van der Waals surface area contributed by atoms with Crippen LogP contribution >= 0.6 is 0 Å². The molecule has 9 heteroatoms. The molecule has 0 atom stereocenters. The van der Waals surface area contributed by atoms with Gasteiger partial charge in [0.2, 0.25) is 0 Å². The van der Waals surface area contributed by atoms with E-state index in [1.165, 1.54) is 0 Å². The fourth-order valence-corrected chi connectivity index (χ4v) is 4.55. The maximum Gasteiger partial charge on any atom is 0.274 e. The van der Waals surface area contributed by atoms with Crippen molar-refractivity contribution in [1.82, 2.24) is 29.8 Å². The van der Waals surface area contributed by atoms with Crippen LogP contribution in [0.1, 0.15) is 27.4 Å². The predicted octanol–water partition coefficient (Wildman–Crippen LogP) is 1.87. The third kappa shape index (κ3) is 3.95. The molecule has 33 heavy (non-hydrogen) atoms. The summed E-state index contributed by atoms with van der Waals surface area (Å²) >= 11 is 0. The summed E-state index contributed by atoms with van der Waals surface area (Å²) in [7, 11) is 1.61. The molecule has 1 saturated heterocycles. The normalized spacial score (nSPS) is 14.8. The van der Waals surface area contributed by atoms with Crippen molar-refractivity contribution < 1.29 is 4.79 Å². The molecule has 5 rings (SSSR count). The number of aromatic nitrogens is 4. The maximum atomic E-state index is 12.4. The molecular weight excluding hydrogens is 418 g/mol. The second-order valence-corrected chi connectivity index (χ2v) is 8.53.